The maximum absolute atomic E-state index is 12.0. The molecule has 0 aliphatic rings. The molecule has 2 aromatic rings. The van der Waals surface area contributed by atoms with Crippen LogP contribution in [0.2, 0.25) is 0 Å². The van der Waals surface area contributed by atoms with Gasteiger partial charge in [-0.15, -0.1) is 0 Å². The van der Waals surface area contributed by atoms with Gasteiger partial charge in [0.05, 0.1) is 38.3 Å². The predicted octanol–water partition coefficient (Wildman–Crippen LogP) is 2.09. The second-order valence-corrected chi connectivity index (χ2v) is 4.14. The number of aldehydes is 1. The van der Waals surface area contributed by atoms with Crippen LogP contribution in [-0.4, -0.2) is 38.2 Å². The lowest BCUT2D eigenvalue weighted by molar-refractivity contribution is 0.0600. The number of carbonyl (C=O) groups is 2. The summed E-state index contributed by atoms with van der Waals surface area (Å²) in [6.07, 6.45) is 2.38. The number of esters is 1. The number of methoxy groups -OCH3 is 3. The molecule has 6 heteroatoms. The number of nitrogens with zero attached hydrogens (tertiary/aromatic N) is 1. The maximum Gasteiger partial charge on any atom is 0.340 e. The smallest absolute Gasteiger partial charge is 0.340 e. The van der Waals surface area contributed by atoms with Gasteiger partial charge < -0.3 is 18.8 Å². The first kappa shape index (κ1) is 14.6. The molecule has 0 aliphatic heterocycles. The van der Waals surface area contributed by atoms with E-state index in [1.54, 1.807) is 29.0 Å². The molecule has 0 N–H and O–H groups in total. The highest BCUT2D eigenvalue weighted by Crippen LogP contribution is 2.33. The average molecular weight is 289 g/mol. The molecule has 0 saturated heterocycles. The number of hydrogen-bond donors (Lipinski definition) is 0. The molecule has 0 saturated carbocycles. The van der Waals surface area contributed by atoms with Crippen LogP contribution in [0, 0.1) is 0 Å². The van der Waals surface area contributed by atoms with Crippen molar-refractivity contribution < 1.29 is 23.8 Å². The van der Waals surface area contributed by atoms with Gasteiger partial charge in [0.15, 0.2) is 17.8 Å². The molecular formula is C15H15NO5. The summed E-state index contributed by atoms with van der Waals surface area (Å²) in [5, 5.41) is 0. The predicted molar refractivity (Wildman–Crippen MR) is 75.6 cm³/mol. The Balaban J connectivity index is 2.73. The Labute approximate surface area is 121 Å². The molecule has 2 rings (SSSR count). The minimum Gasteiger partial charge on any atom is -0.493 e. The third kappa shape index (κ3) is 2.60. The summed E-state index contributed by atoms with van der Waals surface area (Å²) in [6.45, 7) is 0. The second kappa shape index (κ2) is 6.13. The van der Waals surface area contributed by atoms with E-state index in [9.17, 15) is 9.59 Å². The fourth-order valence-corrected chi connectivity index (χ4v) is 2.05. The quantitative estimate of drug-likeness (QED) is 0.623. The highest BCUT2D eigenvalue weighted by Gasteiger charge is 2.19. The fraction of sp³-hybridized carbons (Fsp3) is 0.200. The number of aromatic nitrogens is 1. The lowest BCUT2D eigenvalue weighted by Crippen LogP contribution is -2.10. The van der Waals surface area contributed by atoms with Crippen molar-refractivity contribution in [2.45, 2.75) is 0 Å². The number of hydrogen-bond acceptors (Lipinski definition) is 5. The molecule has 21 heavy (non-hydrogen) atoms. The zero-order valence-electron chi connectivity index (χ0n) is 12.0. The van der Waals surface area contributed by atoms with Crippen LogP contribution in [0.3, 0.4) is 0 Å². The van der Waals surface area contributed by atoms with Crippen LogP contribution in [0.25, 0.3) is 5.69 Å². The van der Waals surface area contributed by atoms with Gasteiger partial charge in [0, 0.05) is 18.3 Å². The molecule has 0 amide bonds. The lowest BCUT2D eigenvalue weighted by atomic mass is 10.1. The van der Waals surface area contributed by atoms with Crippen LogP contribution in [-0.2, 0) is 4.74 Å². The molecule has 0 radical (unpaired) electrons. The highest BCUT2D eigenvalue weighted by atomic mass is 16.5. The van der Waals surface area contributed by atoms with E-state index in [2.05, 4.69) is 0 Å². The van der Waals surface area contributed by atoms with E-state index in [4.69, 9.17) is 14.2 Å². The van der Waals surface area contributed by atoms with Crippen molar-refractivity contribution in [2.75, 3.05) is 21.3 Å². The number of benzene rings is 1. The Hall–Kier alpha value is -2.76. The molecule has 0 bridgehead atoms. The van der Waals surface area contributed by atoms with Crippen molar-refractivity contribution in [3.8, 4) is 17.2 Å². The van der Waals surface area contributed by atoms with E-state index in [-0.39, 0.29) is 5.56 Å². The Kier molecular flexibility index (Phi) is 4.27. The second-order valence-electron chi connectivity index (χ2n) is 4.14. The molecular weight excluding hydrogens is 274 g/mol. The number of rotatable bonds is 5. The average Bonchev–Trinajstić information content (AvgIpc) is 3.01. The summed E-state index contributed by atoms with van der Waals surface area (Å²) in [6, 6.07) is 6.50. The van der Waals surface area contributed by atoms with Crippen LogP contribution in [0.5, 0.6) is 11.5 Å². The largest absolute Gasteiger partial charge is 0.493 e. The monoisotopic (exact) mass is 289 g/mol. The molecule has 1 heterocycles. The molecule has 0 fully saturated rings. The van der Waals surface area contributed by atoms with Crippen LogP contribution in [0.4, 0.5) is 0 Å². The Morgan fingerprint density at radius 1 is 1.14 bits per heavy atom. The Bertz CT molecular complexity index is 675. The van der Waals surface area contributed by atoms with Crippen molar-refractivity contribution in [3.63, 3.8) is 0 Å². The summed E-state index contributed by atoms with van der Waals surface area (Å²) in [4.78, 5) is 23.1. The molecule has 6 nitrogen and oxygen atoms in total. The van der Waals surface area contributed by atoms with E-state index < -0.39 is 5.97 Å². The van der Waals surface area contributed by atoms with Gasteiger partial charge in [-0.1, -0.05) is 0 Å². The minimum atomic E-state index is -0.531. The van der Waals surface area contributed by atoms with Gasteiger partial charge in [-0.25, -0.2) is 4.79 Å². The van der Waals surface area contributed by atoms with Crippen LogP contribution in [0.1, 0.15) is 20.8 Å². The van der Waals surface area contributed by atoms with Crippen molar-refractivity contribution in [1.29, 1.82) is 0 Å². The number of ether oxygens (including phenoxy) is 3. The van der Waals surface area contributed by atoms with Crippen LogP contribution >= 0.6 is 0 Å². The first-order valence-corrected chi connectivity index (χ1v) is 6.13. The first-order chi connectivity index (χ1) is 10.2. The molecule has 0 atom stereocenters. The molecule has 1 aromatic carbocycles. The zero-order valence-corrected chi connectivity index (χ0v) is 12.0. The third-order valence-electron chi connectivity index (χ3n) is 3.07. The summed E-state index contributed by atoms with van der Waals surface area (Å²) in [5.74, 6) is 0.323. The normalized spacial score (nSPS) is 10.0. The number of carbonyl (C=O) groups excluding carboxylic acids is 2. The van der Waals surface area contributed by atoms with Gasteiger partial charge >= 0.3 is 5.97 Å². The summed E-state index contributed by atoms with van der Waals surface area (Å²) >= 11 is 0. The van der Waals surface area contributed by atoms with Gasteiger partial charge in [-0.2, -0.15) is 0 Å². The van der Waals surface area contributed by atoms with Crippen LogP contribution < -0.4 is 9.47 Å². The first-order valence-electron chi connectivity index (χ1n) is 6.13. The van der Waals surface area contributed by atoms with E-state index in [1.165, 1.54) is 27.4 Å². The standard InChI is InChI=1S/C15H15NO5/c1-19-13-7-11(15(18)21-3)12(8-14(13)20-2)16-6-4-5-10(16)9-17/h4-9H,1-3H3. The van der Waals surface area contributed by atoms with Gasteiger partial charge in [0.1, 0.15) is 0 Å². The molecule has 0 spiro atoms. The molecule has 110 valence electrons. The van der Waals surface area contributed by atoms with Crippen molar-refractivity contribution in [3.05, 3.63) is 41.7 Å². The van der Waals surface area contributed by atoms with Gasteiger partial charge in [-0.3, -0.25) is 4.79 Å². The summed E-state index contributed by atoms with van der Waals surface area (Å²) in [7, 11) is 4.26. The van der Waals surface area contributed by atoms with Crippen molar-refractivity contribution in [2.24, 2.45) is 0 Å². The topological polar surface area (TPSA) is 66.8 Å². The Morgan fingerprint density at radius 2 is 1.81 bits per heavy atom. The molecule has 1 aromatic heterocycles. The van der Waals surface area contributed by atoms with Gasteiger partial charge in [-0.05, 0) is 12.1 Å². The van der Waals surface area contributed by atoms with Crippen LogP contribution in [0.15, 0.2) is 30.5 Å². The summed E-state index contributed by atoms with van der Waals surface area (Å²) in [5.41, 5.74) is 1.16. The molecule has 0 unspecified atom stereocenters. The lowest BCUT2D eigenvalue weighted by Gasteiger charge is -2.15. The van der Waals surface area contributed by atoms with E-state index in [1.807, 2.05) is 0 Å². The van der Waals surface area contributed by atoms with E-state index in [0.717, 1.165) is 0 Å². The van der Waals surface area contributed by atoms with E-state index >= 15 is 0 Å². The third-order valence-corrected chi connectivity index (χ3v) is 3.07. The Morgan fingerprint density at radius 3 is 2.38 bits per heavy atom. The highest BCUT2D eigenvalue weighted by molar-refractivity contribution is 5.95. The fourth-order valence-electron chi connectivity index (χ4n) is 2.05. The van der Waals surface area contributed by atoms with Gasteiger partial charge in [0.2, 0.25) is 0 Å². The minimum absolute atomic E-state index is 0.273. The van der Waals surface area contributed by atoms with Crippen molar-refractivity contribution in [1.82, 2.24) is 4.57 Å². The molecule has 0 aliphatic carbocycles. The van der Waals surface area contributed by atoms with Crippen molar-refractivity contribution >= 4 is 12.3 Å². The van der Waals surface area contributed by atoms with E-state index in [0.29, 0.717) is 29.2 Å². The zero-order chi connectivity index (χ0) is 15.4. The summed E-state index contributed by atoms with van der Waals surface area (Å²) < 4.78 is 16.8. The SMILES string of the molecule is COC(=O)c1cc(OC)c(OC)cc1-n1cccc1C=O. The maximum atomic E-state index is 12.0. The van der Waals surface area contributed by atoms with Gasteiger partial charge in [0.25, 0.3) is 0 Å².